The van der Waals surface area contributed by atoms with Gasteiger partial charge in [-0.15, -0.1) is 0 Å². The van der Waals surface area contributed by atoms with E-state index < -0.39 is 0 Å². The molecule has 0 radical (unpaired) electrons. The van der Waals surface area contributed by atoms with Crippen LogP contribution in [0.4, 0.5) is 0 Å². The number of hydrogen-bond acceptors (Lipinski definition) is 1. The van der Waals surface area contributed by atoms with E-state index in [1.165, 1.54) is 57.9 Å². The van der Waals surface area contributed by atoms with Gasteiger partial charge in [0.05, 0.1) is 25.3 Å². The van der Waals surface area contributed by atoms with Crippen molar-refractivity contribution in [3.8, 4) is 0 Å². The van der Waals surface area contributed by atoms with Crippen molar-refractivity contribution < 1.29 is 10.1 Å². The second-order valence-electron chi connectivity index (χ2n) is 8.39. The van der Waals surface area contributed by atoms with Crippen molar-refractivity contribution in [1.82, 2.24) is 0 Å². The smallest absolute Gasteiger partial charge is 0.0995 e. The van der Waals surface area contributed by atoms with Gasteiger partial charge in [0, 0.05) is 0 Å². The molecule has 3 aliphatic carbocycles. The van der Waals surface area contributed by atoms with Crippen LogP contribution in [0.15, 0.2) is 0 Å². The van der Waals surface area contributed by atoms with Gasteiger partial charge in [-0.3, -0.25) is 0 Å². The summed E-state index contributed by atoms with van der Waals surface area (Å²) in [6, 6.07) is 0.888. The molecule has 3 fully saturated rings. The molecule has 0 spiro atoms. The highest BCUT2D eigenvalue weighted by Crippen LogP contribution is 2.66. The average molecular weight is 280 g/mol. The standard InChI is InChI=1S/C18H33NO/c1-17(2)14-9-10-18(17,3)16(13-14)20-12-11-19-15-7-5-4-6-8-15/h14-16,19H,4-13H2,1-3H3/p+1/t14-,16-,18+/m1/s1. The fraction of sp³-hybridized carbons (Fsp3) is 1.00. The fourth-order valence-electron chi connectivity index (χ4n) is 5.27. The third kappa shape index (κ3) is 2.43. The minimum absolute atomic E-state index is 0.433. The van der Waals surface area contributed by atoms with E-state index in [4.69, 9.17) is 4.74 Å². The maximum absolute atomic E-state index is 6.34. The first-order valence-electron chi connectivity index (χ1n) is 8.99. The lowest BCUT2D eigenvalue weighted by Gasteiger charge is -2.38. The lowest BCUT2D eigenvalue weighted by molar-refractivity contribution is -0.693. The molecule has 3 aliphatic rings. The van der Waals surface area contributed by atoms with Crippen molar-refractivity contribution in [3.05, 3.63) is 0 Å². The Morgan fingerprint density at radius 3 is 2.40 bits per heavy atom. The zero-order valence-electron chi connectivity index (χ0n) is 13.8. The lowest BCUT2D eigenvalue weighted by Crippen LogP contribution is -2.91. The van der Waals surface area contributed by atoms with Crippen molar-refractivity contribution in [1.29, 1.82) is 0 Å². The Kier molecular flexibility index (Phi) is 4.16. The van der Waals surface area contributed by atoms with Crippen LogP contribution in [0.2, 0.25) is 0 Å². The summed E-state index contributed by atoms with van der Waals surface area (Å²) in [6.45, 7) is 9.56. The summed E-state index contributed by atoms with van der Waals surface area (Å²) in [6.07, 6.45) is 11.8. The third-order valence-electron chi connectivity index (χ3n) is 7.30. The van der Waals surface area contributed by atoms with Crippen LogP contribution in [0.25, 0.3) is 0 Å². The molecule has 2 N–H and O–H groups in total. The molecule has 0 aliphatic heterocycles. The van der Waals surface area contributed by atoms with Crippen LogP contribution in [-0.2, 0) is 4.74 Å². The molecule has 2 bridgehead atoms. The summed E-state index contributed by atoms with van der Waals surface area (Å²) in [5, 5.41) is 2.56. The van der Waals surface area contributed by atoms with Crippen molar-refractivity contribution in [3.63, 3.8) is 0 Å². The summed E-state index contributed by atoms with van der Waals surface area (Å²) in [4.78, 5) is 0. The van der Waals surface area contributed by atoms with Crippen LogP contribution < -0.4 is 5.32 Å². The number of fused-ring (bicyclic) bond motifs is 2. The third-order valence-corrected chi connectivity index (χ3v) is 7.30. The number of hydrogen-bond donors (Lipinski definition) is 1. The van der Waals surface area contributed by atoms with E-state index in [0.29, 0.717) is 16.9 Å². The van der Waals surface area contributed by atoms with E-state index in [1.54, 1.807) is 0 Å². The average Bonchev–Trinajstić information content (AvgIpc) is 2.78. The van der Waals surface area contributed by atoms with Gasteiger partial charge in [-0.25, -0.2) is 0 Å². The van der Waals surface area contributed by atoms with Gasteiger partial charge in [-0.05, 0) is 61.7 Å². The van der Waals surface area contributed by atoms with E-state index in [1.807, 2.05) is 0 Å². The number of ether oxygens (including phenoxy) is 1. The number of nitrogens with two attached hydrogens (primary N) is 1. The minimum Gasteiger partial charge on any atom is -0.372 e. The molecule has 2 heteroatoms. The van der Waals surface area contributed by atoms with Gasteiger partial charge < -0.3 is 10.1 Å². The van der Waals surface area contributed by atoms with Crippen LogP contribution >= 0.6 is 0 Å². The first kappa shape index (κ1) is 14.8. The van der Waals surface area contributed by atoms with Gasteiger partial charge in [0.15, 0.2) is 0 Å². The van der Waals surface area contributed by atoms with Crippen LogP contribution in [0.3, 0.4) is 0 Å². The fourth-order valence-corrected chi connectivity index (χ4v) is 5.27. The van der Waals surface area contributed by atoms with Crippen LogP contribution in [0.5, 0.6) is 0 Å². The SMILES string of the molecule is CC1(C)[C@@H]2CC[C@@]1(C)[C@H](OCC[NH2+]C1CCCCC1)C2. The monoisotopic (exact) mass is 280 g/mol. The van der Waals surface area contributed by atoms with Crippen LogP contribution in [-0.4, -0.2) is 25.3 Å². The van der Waals surface area contributed by atoms with E-state index >= 15 is 0 Å². The maximum atomic E-state index is 6.34. The molecule has 3 saturated carbocycles. The molecule has 3 rings (SSSR count). The zero-order valence-corrected chi connectivity index (χ0v) is 13.8. The zero-order chi connectivity index (χ0) is 14.2. The van der Waals surface area contributed by atoms with E-state index in [0.717, 1.165) is 18.6 Å². The Balaban J connectivity index is 1.41. The molecule has 0 saturated heterocycles. The van der Waals surface area contributed by atoms with E-state index in [2.05, 4.69) is 26.1 Å². The maximum Gasteiger partial charge on any atom is 0.0995 e. The minimum atomic E-state index is 0.433. The Hall–Kier alpha value is -0.0800. The van der Waals surface area contributed by atoms with Crippen molar-refractivity contribution >= 4 is 0 Å². The van der Waals surface area contributed by atoms with Gasteiger partial charge in [-0.1, -0.05) is 27.2 Å². The van der Waals surface area contributed by atoms with Gasteiger partial charge in [-0.2, -0.15) is 0 Å². The molecule has 0 aromatic rings. The van der Waals surface area contributed by atoms with Crippen molar-refractivity contribution in [2.75, 3.05) is 13.2 Å². The second-order valence-corrected chi connectivity index (χ2v) is 8.39. The summed E-state index contributed by atoms with van der Waals surface area (Å²) in [5.74, 6) is 0.903. The van der Waals surface area contributed by atoms with Crippen LogP contribution in [0.1, 0.15) is 72.1 Å². The number of quaternary nitrogens is 1. The largest absolute Gasteiger partial charge is 0.372 e. The summed E-state index contributed by atoms with van der Waals surface area (Å²) in [5.41, 5.74) is 0.924. The highest BCUT2D eigenvalue weighted by atomic mass is 16.5. The molecular weight excluding hydrogens is 246 g/mol. The second kappa shape index (κ2) is 5.61. The summed E-state index contributed by atoms with van der Waals surface area (Å²) < 4.78 is 6.34. The predicted molar refractivity (Wildman–Crippen MR) is 82.6 cm³/mol. The molecule has 2 nitrogen and oxygen atoms in total. The molecule has 0 aromatic heterocycles. The van der Waals surface area contributed by atoms with Gasteiger partial charge in [0.25, 0.3) is 0 Å². The Labute approximate surface area is 125 Å². The van der Waals surface area contributed by atoms with Gasteiger partial charge in [0.1, 0.15) is 0 Å². The first-order chi connectivity index (χ1) is 9.54. The van der Waals surface area contributed by atoms with Crippen molar-refractivity contribution in [2.24, 2.45) is 16.7 Å². The first-order valence-corrected chi connectivity index (χ1v) is 8.99. The molecule has 0 heterocycles. The molecule has 0 unspecified atom stereocenters. The molecule has 0 aromatic carbocycles. The highest BCUT2D eigenvalue weighted by Gasteiger charge is 2.61. The number of rotatable bonds is 5. The Bertz CT molecular complexity index is 334. The predicted octanol–water partition coefficient (Wildman–Crippen LogP) is 3.11. The Morgan fingerprint density at radius 1 is 1.05 bits per heavy atom. The lowest BCUT2D eigenvalue weighted by atomic mass is 9.70. The van der Waals surface area contributed by atoms with Crippen LogP contribution in [0, 0.1) is 16.7 Å². The summed E-state index contributed by atoms with van der Waals surface area (Å²) >= 11 is 0. The normalized spacial score (nSPS) is 40.4. The highest BCUT2D eigenvalue weighted by molar-refractivity contribution is 5.11. The molecular formula is C18H34NO+. The van der Waals surface area contributed by atoms with Gasteiger partial charge in [0.2, 0.25) is 0 Å². The van der Waals surface area contributed by atoms with E-state index in [9.17, 15) is 0 Å². The van der Waals surface area contributed by atoms with E-state index in [-0.39, 0.29) is 0 Å². The molecule has 3 atom stereocenters. The van der Waals surface area contributed by atoms with Gasteiger partial charge >= 0.3 is 0 Å². The quantitative estimate of drug-likeness (QED) is 0.769. The van der Waals surface area contributed by atoms with Crippen molar-refractivity contribution in [2.45, 2.75) is 84.3 Å². The summed E-state index contributed by atoms with van der Waals surface area (Å²) in [7, 11) is 0. The topological polar surface area (TPSA) is 25.8 Å². The molecule has 20 heavy (non-hydrogen) atoms. The Morgan fingerprint density at radius 2 is 1.80 bits per heavy atom. The molecule has 116 valence electrons. The molecule has 0 amide bonds.